The van der Waals surface area contributed by atoms with Crippen LogP contribution in [0.1, 0.15) is 48.2 Å². The molecule has 0 fully saturated rings. The number of anilines is 1. The van der Waals surface area contributed by atoms with Crippen LogP contribution in [0.3, 0.4) is 0 Å². The van der Waals surface area contributed by atoms with Gasteiger partial charge >= 0.3 is 0 Å². The summed E-state index contributed by atoms with van der Waals surface area (Å²) in [6.45, 7) is 8.22. The Hall–Kier alpha value is -4.85. The van der Waals surface area contributed by atoms with E-state index in [9.17, 15) is 14.9 Å². The number of carbonyl (C=O) groups is 2. The number of pyridine rings is 1. The van der Waals surface area contributed by atoms with Gasteiger partial charge in [-0.25, -0.2) is 13.8 Å². The van der Waals surface area contributed by atoms with Crippen molar-refractivity contribution in [3.05, 3.63) is 100 Å². The zero-order chi connectivity index (χ0) is 32.6. The normalized spacial score (nSPS) is 11.9. The first-order valence-electron chi connectivity index (χ1n) is 14.2. The first-order valence-corrected chi connectivity index (χ1v) is 14.6. The summed E-state index contributed by atoms with van der Waals surface area (Å²) in [6, 6.07) is 12.8. The number of nitriles is 1. The van der Waals surface area contributed by atoms with Crippen LogP contribution in [0.15, 0.2) is 60.8 Å². The molecule has 230 valence electrons. The van der Waals surface area contributed by atoms with E-state index in [1.807, 2.05) is 51.4 Å². The molecule has 5 rings (SSSR count). The largest absolute Gasteiger partial charge is 0.330 e. The lowest BCUT2D eigenvalue weighted by Gasteiger charge is -2.18. The summed E-state index contributed by atoms with van der Waals surface area (Å²) in [7, 11) is 1.83. The third kappa shape index (κ3) is 6.23. The number of imidazole rings is 1. The molecule has 0 spiro atoms. The molecule has 1 amide bonds. The van der Waals surface area contributed by atoms with Crippen LogP contribution in [0.5, 0.6) is 0 Å². The molecule has 3 aromatic heterocycles. The highest BCUT2D eigenvalue weighted by Gasteiger charge is 2.23. The number of fused-ring (bicyclic) bond motifs is 2. The zero-order valence-corrected chi connectivity index (χ0v) is 26.2. The molecule has 11 heteroatoms. The third-order valence-corrected chi connectivity index (χ3v) is 7.78. The van der Waals surface area contributed by atoms with E-state index in [2.05, 4.69) is 21.7 Å². The first kappa shape index (κ1) is 31.6. The van der Waals surface area contributed by atoms with Crippen molar-refractivity contribution >= 4 is 45.5 Å². The number of carbonyl (C=O) groups excluding carboxylic acids is 2. The fourth-order valence-corrected chi connectivity index (χ4v) is 5.61. The summed E-state index contributed by atoms with van der Waals surface area (Å²) in [5, 5.41) is 15.0. The standard InChI is InChI=1S/C34H31ClF2N6O2/c1-19-16-26-32(40-27(12-13-38)42(26)5)30(35)29(19)21-8-7-15-43-24(21)10-11-25(43)33(45)20-17-22(36)31(23(37)18-20)41-28(44)9-6-14-39-34(2,3)4/h6-11,15-18,39H,12,14H2,1-5H3,(H,41,44)/b9-6+. The number of nitrogens with one attached hydrogen (secondary N) is 2. The molecule has 0 radical (unpaired) electrons. The highest BCUT2D eigenvalue weighted by molar-refractivity contribution is 6.38. The molecule has 0 aliphatic carbocycles. The summed E-state index contributed by atoms with van der Waals surface area (Å²) < 4.78 is 33.5. The minimum Gasteiger partial charge on any atom is -0.330 e. The van der Waals surface area contributed by atoms with Crippen molar-refractivity contribution in [2.45, 2.75) is 39.7 Å². The topological polar surface area (TPSA) is 104 Å². The summed E-state index contributed by atoms with van der Waals surface area (Å²) in [5.41, 5.74) is 3.49. The van der Waals surface area contributed by atoms with Crippen molar-refractivity contribution in [2.75, 3.05) is 11.9 Å². The molecular weight excluding hydrogens is 598 g/mol. The highest BCUT2D eigenvalue weighted by atomic mass is 35.5. The van der Waals surface area contributed by atoms with Gasteiger partial charge in [0.25, 0.3) is 0 Å². The Morgan fingerprint density at radius 3 is 2.49 bits per heavy atom. The van der Waals surface area contributed by atoms with Gasteiger partial charge in [0.1, 0.15) is 28.7 Å². The van der Waals surface area contributed by atoms with Crippen LogP contribution in [0.25, 0.3) is 27.7 Å². The highest BCUT2D eigenvalue weighted by Crippen LogP contribution is 2.39. The molecule has 0 aliphatic rings. The quantitative estimate of drug-likeness (QED) is 0.144. The predicted octanol–water partition coefficient (Wildman–Crippen LogP) is 6.91. The van der Waals surface area contributed by atoms with E-state index in [4.69, 9.17) is 11.6 Å². The number of hydrogen-bond acceptors (Lipinski definition) is 5. The molecular formula is C34H31ClF2N6O2. The van der Waals surface area contributed by atoms with Gasteiger partial charge in [0, 0.05) is 48.1 Å². The summed E-state index contributed by atoms with van der Waals surface area (Å²) in [5.74, 6) is -2.87. The Kier molecular flexibility index (Phi) is 8.61. The van der Waals surface area contributed by atoms with E-state index in [0.717, 1.165) is 28.8 Å². The number of halogens is 3. The second kappa shape index (κ2) is 12.3. The Morgan fingerprint density at radius 1 is 1.11 bits per heavy atom. The molecule has 5 aromatic rings. The van der Waals surface area contributed by atoms with E-state index in [0.29, 0.717) is 34.0 Å². The molecule has 0 atom stereocenters. The van der Waals surface area contributed by atoms with Crippen LogP contribution in [-0.2, 0) is 18.3 Å². The van der Waals surface area contributed by atoms with Crippen LogP contribution in [-0.4, -0.2) is 37.7 Å². The molecule has 0 bridgehead atoms. The lowest BCUT2D eigenvalue weighted by atomic mass is 9.99. The van der Waals surface area contributed by atoms with Crippen molar-refractivity contribution in [1.29, 1.82) is 5.26 Å². The van der Waals surface area contributed by atoms with Gasteiger partial charge in [-0.2, -0.15) is 5.26 Å². The Bertz CT molecular complexity index is 2040. The number of ketones is 1. The minimum absolute atomic E-state index is 0.136. The molecule has 3 heterocycles. The van der Waals surface area contributed by atoms with Gasteiger partial charge in [-0.05, 0) is 69.7 Å². The third-order valence-electron chi connectivity index (χ3n) is 7.41. The summed E-state index contributed by atoms with van der Waals surface area (Å²) in [6.07, 6.45) is 4.56. The van der Waals surface area contributed by atoms with Gasteiger partial charge < -0.3 is 19.6 Å². The maximum atomic E-state index is 15.0. The molecule has 2 N–H and O–H groups in total. The molecule has 45 heavy (non-hydrogen) atoms. The van der Waals surface area contributed by atoms with Crippen molar-refractivity contribution in [3.63, 3.8) is 0 Å². The van der Waals surface area contributed by atoms with Crippen molar-refractivity contribution in [3.8, 4) is 17.2 Å². The molecule has 2 aromatic carbocycles. The number of amides is 1. The minimum atomic E-state index is -1.07. The van der Waals surface area contributed by atoms with E-state index in [1.165, 1.54) is 6.08 Å². The van der Waals surface area contributed by atoms with Gasteiger partial charge in [0.05, 0.1) is 34.2 Å². The first-order chi connectivity index (χ1) is 21.3. The van der Waals surface area contributed by atoms with E-state index in [1.54, 1.807) is 34.9 Å². The van der Waals surface area contributed by atoms with Crippen molar-refractivity contribution < 1.29 is 18.4 Å². The number of hydrogen-bond donors (Lipinski definition) is 2. The van der Waals surface area contributed by atoms with Gasteiger partial charge in [0.2, 0.25) is 11.7 Å². The molecule has 0 unspecified atom stereocenters. The summed E-state index contributed by atoms with van der Waals surface area (Å²) >= 11 is 6.92. The molecule has 0 saturated heterocycles. The van der Waals surface area contributed by atoms with Gasteiger partial charge in [-0.15, -0.1) is 0 Å². The van der Waals surface area contributed by atoms with Crippen LogP contribution in [0, 0.1) is 29.9 Å². The number of benzene rings is 2. The van der Waals surface area contributed by atoms with Gasteiger partial charge in [-0.3, -0.25) is 9.59 Å². The SMILES string of the molecule is Cc1cc2c(nc(CC#N)n2C)c(Cl)c1-c1cccn2c(C(=O)c3cc(F)c(NC(=O)/C=C/CNC(C)(C)C)c(F)c3)ccc12. The Morgan fingerprint density at radius 2 is 1.82 bits per heavy atom. The molecule has 8 nitrogen and oxygen atoms in total. The predicted molar refractivity (Wildman–Crippen MR) is 171 cm³/mol. The fraction of sp³-hybridized carbons (Fsp3) is 0.235. The number of aromatic nitrogens is 3. The van der Waals surface area contributed by atoms with Crippen molar-refractivity contribution in [2.24, 2.45) is 7.05 Å². The van der Waals surface area contributed by atoms with E-state index in [-0.39, 0.29) is 23.2 Å². The van der Waals surface area contributed by atoms with Crippen LogP contribution >= 0.6 is 11.6 Å². The van der Waals surface area contributed by atoms with E-state index >= 15 is 8.78 Å². The van der Waals surface area contributed by atoms with E-state index < -0.39 is 29.0 Å². The van der Waals surface area contributed by atoms with Crippen LogP contribution in [0.2, 0.25) is 5.02 Å². The zero-order valence-electron chi connectivity index (χ0n) is 25.4. The fourth-order valence-electron chi connectivity index (χ4n) is 5.22. The maximum absolute atomic E-state index is 15.0. The monoisotopic (exact) mass is 628 g/mol. The second-order valence-corrected chi connectivity index (χ2v) is 12.1. The molecule has 0 saturated carbocycles. The smallest absolute Gasteiger partial charge is 0.248 e. The summed E-state index contributed by atoms with van der Waals surface area (Å²) in [4.78, 5) is 30.4. The number of aryl methyl sites for hydroxylation is 2. The lowest BCUT2D eigenvalue weighted by molar-refractivity contribution is -0.112. The average Bonchev–Trinajstić information content (AvgIpc) is 3.54. The maximum Gasteiger partial charge on any atom is 0.248 e. The Balaban J connectivity index is 1.46. The van der Waals surface area contributed by atoms with Crippen LogP contribution < -0.4 is 10.6 Å². The lowest BCUT2D eigenvalue weighted by Crippen LogP contribution is -2.35. The van der Waals surface area contributed by atoms with Crippen molar-refractivity contribution in [1.82, 2.24) is 19.3 Å². The average molecular weight is 629 g/mol. The second-order valence-electron chi connectivity index (χ2n) is 11.7. The van der Waals surface area contributed by atoms with Crippen LogP contribution in [0.4, 0.5) is 14.5 Å². The Labute approximate surface area is 263 Å². The van der Waals surface area contributed by atoms with Gasteiger partial charge in [-0.1, -0.05) is 23.7 Å². The van der Waals surface area contributed by atoms with Gasteiger partial charge in [0.15, 0.2) is 0 Å². The number of nitrogens with zero attached hydrogens (tertiary/aromatic N) is 4. The number of rotatable bonds is 8. The molecule has 0 aliphatic heterocycles.